The van der Waals surface area contributed by atoms with Crippen LogP contribution in [-0.4, -0.2) is 40.6 Å². The van der Waals surface area contributed by atoms with Gasteiger partial charge in [0, 0.05) is 10.9 Å². The lowest BCUT2D eigenvalue weighted by Crippen LogP contribution is -2.49. The van der Waals surface area contributed by atoms with Crippen LogP contribution in [0.2, 0.25) is 0 Å². The van der Waals surface area contributed by atoms with E-state index in [4.69, 9.17) is 0 Å². The van der Waals surface area contributed by atoms with Crippen molar-refractivity contribution in [2.45, 2.75) is 38.6 Å². The van der Waals surface area contributed by atoms with E-state index in [1.807, 2.05) is 24.4 Å². The highest BCUT2D eigenvalue weighted by atomic mass is 32.2. The Morgan fingerprint density at radius 1 is 1.31 bits per heavy atom. The molecular weight excluding hydrogens is 410 g/mol. The summed E-state index contributed by atoms with van der Waals surface area (Å²) in [5.74, 6) is 0.704. The molecule has 2 bridgehead atoms. The number of rotatable bonds is 5. The zero-order valence-electron chi connectivity index (χ0n) is 16.1. The first-order chi connectivity index (χ1) is 13.9. The van der Waals surface area contributed by atoms with Gasteiger partial charge in [-0.25, -0.2) is 4.79 Å². The Morgan fingerprint density at radius 2 is 2.14 bits per heavy atom. The van der Waals surface area contributed by atoms with Gasteiger partial charge in [0.1, 0.15) is 6.54 Å². The molecule has 2 aliphatic carbocycles. The third-order valence-corrected chi connectivity index (χ3v) is 7.77. The zero-order chi connectivity index (χ0) is 20.5. The molecule has 1 aromatic heterocycles. The molecule has 29 heavy (non-hydrogen) atoms. The van der Waals surface area contributed by atoms with E-state index in [9.17, 15) is 19.2 Å². The van der Waals surface area contributed by atoms with Crippen molar-refractivity contribution in [3.05, 3.63) is 27.3 Å². The minimum absolute atomic E-state index is 0.0102. The van der Waals surface area contributed by atoms with Crippen molar-refractivity contribution < 1.29 is 19.2 Å². The van der Waals surface area contributed by atoms with Gasteiger partial charge >= 0.3 is 6.03 Å². The molecule has 1 aliphatic heterocycles. The minimum atomic E-state index is -0.678. The van der Waals surface area contributed by atoms with Gasteiger partial charge in [0.05, 0.1) is 4.91 Å². The van der Waals surface area contributed by atoms with Crippen molar-refractivity contribution in [1.29, 1.82) is 0 Å². The summed E-state index contributed by atoms with van der Waals surface area (Å²) in [5, 5.41) is 6.46. The maximum Gasteiger partial charge on any atom is 0.321 e. The molecule has 4 rings (SSSR count). The number of hydrogen-bond acceptors (Lipinski definition) is 6. The van der Waals surface area contributed by atoms with Crippen LogP contribution in [0.3, 0.4) is 0 Å². The predicted molar refractivity (Wildman–Crippen MR) is 112 cm³/mol. The van der Waals surface area contributed by atoms with Crippen LogP contribution < -0.4 is 10.6 Å². The quantitative estimate of drug-likeness (QED) is 0.694. The average Bonchev–Trinajstić information content (AvgIpc) is 3.45. The van der Waals surface area contributed by atoms with Crippen molar-refractivity contribution in [1.82, 2.24) is 15.5 Å². The topological polar surface area (TPSA) is 95.6 Å². The van der Waals surface area contributed by atoms with Gasteiger partial charge in [0.15, 0.2) is 0 Å². The number of thiophene rings is 1. The molecule has 0 radical (unpaired) electrons. The number of nitrogens with zero attached hydrogens (tertiary/aromatic N) is 1. The van der Waals surface area contributed by atoms with E-state index in [1.54, 1.807) is 6.08 Å². The molecule has 1 aromatic rings. The largest absolute Gasteiger partial charge is 0.335 e. The van der Waals surface area contributed by atoms with Gasteiger partial charge in [-0.3, -0.25) is 24.6 Å². The van der Waals surface area contributed by atoms with Crippen LogP contribution in [0.5, 0.6) is 0 Å². The average molecular weight is 434 g/mol. The Morgan fingerprint density at radius 3 is 2.79 bits per heavy atom. The highest BCUT2D eigenvalue weighted by Crippen LogP contribution is 2.49. The molecule has 7 nitrogen and oxygen atoms in total. The van der Waals surface area contributed by atoms with Gasteiger partial charge < -0.3 is 5.32 Å². The lowest BCUT2D eigenvalue weighted by atomic mass is 9.84. The normalized spacial score (nSPS) is 28.2. The summed E-state index contributed by atoms with van der Waals surface area (Å²) in [5.41, 5.74) is 0. The standard InChI is InChI=1S/C20H23N3O4S2/c1-11(15-8-12-4-5-13(15)7-12)21-19(26)22-17(24)10-23-18(25)16(29-20(23)27)9-14-3-2-6-28-14/h2-3,6,9,11-13,15H,4-5,7-8,10H2,1H3,(H2,21,22,24,26)/b16-9-. The fraction of sp³-hybridized carbons (Fsp3) is 0.500. The summed E-state index contributed by atoms with van der Waals surface area (Å²) in [6.45, 7) is 1.50. The third kappa shape index (κ3) is 4.40. The summed E-state index contributed by atoms with van der Waals surface area (Å²) in [6, 6.07) is 3.10. The highest BCUT2D eigenvalue weighted by Gasteiger charge is 2.42. The van der Waals surface area contributed by atoms with Crippen LogP contribution >= 0.6 is 23.1 Å². The van der Waals surface area contributed by atoms with Crippen LogP contribution in [0.15, 0.2) is 22.4 Å². The minimum Gasteiger partial charge on any atom is -0.335 e. The van der Waals surface area contributed by atoms with Crippen molar-refractivity contribution in [2.75, 3.05) is 6.54 Å². The Hall–Kier alpha value is -2.13. The Kier molecular flexibility index (Phi) is 5.78. The number of amides is 5. The number of imide groups is 2. The SMILES string of the molecule is CC(NC(=O)NC(=O)CN1C(=O)S/C(=C\c2cccs2)C1=O)C1CC2CCC1C2. The second kappa shape index (κ2) is 8.31. The number of hydrogen-bond donors (Lipinski definition) is 2. The number of thioether (sulfide) groups is 1. The van der Waals surface area contributed by atoms with Crippen molar-refractivity contribution >= 4 is 52.3 Å². The number of carbonyl (C=O) groups excluding carboxylic acids is 4. The highest BCUT2D eigenvalue weighted by molar-refractivity contribution is 8.18. The molecular formula is C20H23N3O4S2. The summed E-state index contributed by atoms with van der Waals surface area (Å²) in [7, 11) is 0. The molecule has 3 aliphatic rings. The van der Waals surface area contributed by atoms with E-state index in [1.165, 1.54) is 30.6 Å². The summed E-state index contributed by atoms with van der Waals surface area (Å²) < 4.78 is 0. The predicted octanol–water partition coefficient (Wildman–Crippen LogP) is 3.43. The number of carbonyl (C=O) groups is 4. The monoisotopic (exact) mass is 433 g/mol. The van der Waals surface area contributed by atoms with Crippen LogP contribution in [0.1, 0.15) is 37.5 Å². The van der Waals surface area contributed by atoms with Gasteiger partial charge in [-0.15, -0.1) is 11.3 Å². The van der Waals surface area contributed by atoms with Gasteiger partial charge in [-0.05, 0) is 73.2 Å². The van der Waals surface area contributed by atoms with E-state index in [-0.39, 0.29) is 10.9 Å². The van der Waals surface area contributed by atoms with Crippen LogP contribution in [0.25, 0.3) is 6.08 Å². The molecule has 4 unspecified atom stereocenters. The first-order valence-corrected chi connectivity index (χ1v) is 11.5. The molecule has 2 N–H and O–H groups in total. The maximum absolute atomic E-state index is 12.4. The van der Waals surface area contributed by atoms with Gasteiger partial charge in [-0.2, -0.15) is 0 Å². The lowest BCUT2D eigenvalue weighted by molar-refractivity contribution is -0.128. The van der Waals surface area contributed by atoms with Crippen LogP contribution in [-0.2, 0) is 9.59 Å². The maximum atomic E-state index is 12.4. The molecule has 0 aromatic carbocycles. The van der Waals surface area contributed by atoms with E-state index >= 15 is 0 Å². The molecule has 2 saturated carbocycles. The molecule has 0 spiro atoms. The lowest BCUT2D eigenvalue weighted by Gasteiger charge is -2.28. The zero-order valence-corrected chi connectivity index (χ0v) is 17.7. The molecule has 4 atom stereocenters. The molecule has 5 amide bonds. The van der Waals surface area contributed by atoms with E-state index in [0.717, 1.165) is 33.9 Å². The van der Waals surface area contributed by atoms with Gasteiger partial charge in [-0.1, -0.05) is 12.5 Å². The van der Waals surface area contributed by atoms with E-state index in [2.05, 4.69) is 10.6 Å². The summed E-state index contributed by atoms with van der Waals surface area (Å²) in [6.07, 6.45) is 6.53. The van der Waals surface area contributed by atoms with Crippen molar-refractivity contribution in [3.63, 3.8) is 0 Å². The Labute approximate surface area is 177 Å². The molecule has 2 heterocycles. The first kappa shape index (κ1) is 20.2. The molecule has 154 valence electrons. The third-order valence-electron chi connectivity index (χ3n) is 6.04. The van der Waals surface area contributed by atoms with Crippen molar-refractivity contribution in [3.8, 4) is 0 Å². The fourth-order valence-corrected chi connectivity index (χ4v) is 6.27. The van der Waals surface area contributed by atoms with E-state index < -0.39 is 29.6 Å². The Balaban J connectivity index is 1.28. The van der Waals surface area contributed by atoms with Gasteiger partial charge in [0.2, 0.25) is 5.91 Å². The first-order valence-electron chi connectivity index (χ1n) is 9.80. The molecule has 1 saturated heterocycles. The summed E-state index contributed by atoms with van der Waals surface area (Å²) >= 11 is 2.25. The van der Waals surface area contributed by atoms with Crippen LogP contribution in [0, 0.1) is 17.8 Å². The number of urea groups is 1. The van der Waals surface area contributed by atoms with E-state index in [0.29, 0.717) is 11.8 Å². The fourth-order valence-electron chi connectivity index (χ4n) is 4.70. The molecule has 9 heteroatoms. The van der Waals surface area contributed by atoms with Crippen molar-refractivity contribution in [2.24, 2.45) is 17.8 Å². The smallest absolute Gasteiger partial charge is 0.321 e. The Bertz CT molecular complexity index is 867. The van der Waals surface area contributed by atoms with Gasteiger partial charge in [0.25, 0.3) is 11.1 Å². The van der Waals surface area contributed by atoms with Crippen LogP contribution in [0.4, 0.5) is 9.59 Å². The number of fused-ring (bicyclic) bond motifs is 2. The summed E-state index contributed by atoms with van der Waals surface area (Å²) in [4.78, 5) is 51.0. The number of nitrogens with one attached hydrogen (secondary N) is 2. The second-order valence-electron chi connectivity index (χ2n) is 7.93. The molecule has 3 fully saturated rings. The second-order valence-corrected chi connectivity index (χ2v) is 9.90.